The van der Waals surface area contributed by atoms with Crippen molar-refractivity contribution >= 4 is 11.9 Å². The molecule has 3 rings (SSSR count). The molecule has 18 heteroatoms. The average molecular weight is 924 g/mol. The van der Waals surface area contributed by atoms with Gasteiger partial charge < -0.3 is 80.9 Å². The number of carboxylic acids is 1. The fourth-order valence-electron chi connectivity index (χ4n) is 7.97. The molecule has 0 aliphatic carbocycles. The second-order valence-corrected chi connectivity index (χ2v) is 17.6. The highest BCUT2D eigenvalue weighted by atomic mass is 16.7. The molecule has 2 bridgehead atoms. The Balaban J connectivity index is 1.86. The first kappa shape index (κ1) is 55.9. The maximum atomic E-state index is 12.6. The summed E-state index contributed by atoms with van der Waals surface area (Å²) in [6.45, 7) is 6.74. The Labute approximate surface area is 381 Å². The maximum absolute atomic E-state index is 12.6. The largest absolute Gasteiger partial charge is 0.481 e. The van der Waals surface area contributed by atoms with E-state index in [2.05, 4.69) is 0 Å². The molecule has 0 aromatic rings. The van der Waals surface area contributed by atoms with E-state index < -0.39 is 147 Å². The molecule has 13 N–H and O–H groups in total. The number of allylic oxidation sites excluding steroid dienone is 12. The van der Waals surface area contributed by atoms with E-state index in [4.69, 9.17) is 24.7 Å². The number of carbonyl (C=O) groups excluding carboxylic acids is 1. The van der Waals surface area contributed by atoms with Crippen LogP contribution in [0.25, 0.3) is 0 Å². The fourth-order valence-corrected chi connectivity index (χ4v) is 7.97. The summed E-state index contributed by atoms with van der Waals surface area (Å²) in [6, 6.07) is -1.15. The van der Waals surface area contributed by atoms with Crippen LogP contribution < -0.4 is 5.73 Å². The lowest BCUT2D eigenvalue weighted by atomic mass is 9.82. The molecule has 2 saturated heterocycles. The predicted molar refractivity (Wildman–Crippen MR) is 237 cm³/mol. The van der Waals surface area contributed by atoms with Gasteiger partial charge in [0.1, 0.15) is 18.1 Å². The number of carbonyl (C=O) groups is 2. The molecule has 19 atom stereocenters. The molecule has 0 spiro atoms. The molecule has 0 saturated carbocycles. The number of nitrogens with two attached hydrogens (primary N) is 1. The van der Waals surface area contributed by atoms with Crippen LogP contribution in [0, 0.1) is 17.8 Å². The first-order chi connectivity index (χ1) is 30.6. The van der Waals surface area contributed by atoms with Crippen LogP contribution in [-0.2, 0) is 28.5 Å². The second kappa shape index (κ2) is 27.4. The molecule has 0 amide bonds. The summed E-state index contributed by atoms with van der Waals surface area (Å²) in [5.74, 6) is -6.83. The molecule has 2 fully saturated rings. The summed E-state index contributed by atoms with van der Waals surface area (Å²) in [7, 11) is 0. The van der Waals surface area contributed by atoms with Gasteiger partial charge in [0.2, 0.25) is 0 Å². The van der Waals surface area contributed by atoms with Gasteiger partial charge in [0.15, 0.2) is 12.1 Å². The van der Waals surface area contributed by atoms with E-state index >= 15 is 0 Å². The molecule has 0 unspecified atom stereocenters. The van der Waals surface area contributed by atoms with Crippen LogP contribution in [0.4, 0.5) is 0 Å². The molecule has 3 aliphatic heterocycles. The highest BCUT2D eigenvalue weighted by Gasteiger charge is 2.51. The Morgan fingerprint density at radius 3 is 1.82 bits per heavy atom. The minimum Gasteiger partial charge on any atom is -0.481 e. The summed E-state index contributed by atoms with van der Waals surface area (Å²) in [5.41, 5.74) is 6.02. The predicted octanol–water partition coefficient (Wildman–Crippen LogP) is 0.712. The number of rotatable bonds is 3. The lowest BCUT2D eigenvalue weighted by Crippen LogP contribution is -2.61. The SMILES string of the molecule is C[C@@H]1[C@H](O)[C@@H](C)/C=C/C=C\C=C\C=C\C=C\C=C\C=C[C@H](O[C@@H]2O[C@H](C)[C@@H](O)[C@H](N)[C@@H]2O)C[C@@H]2O[C@](O)(C[C@@H](O)C[C@@H](O)[C@H](O)CC[C@@H](O)C[C@@H](O)CC(=O)O[C@H]1C)C[C@H](O)[C@H]2C(=O)O. The number of hydrogen-bond acceptors (Lipinski definition) is 17. The van der Waals surface area contributed by atoms with Gasteiger partial charge in [-0.1, -0.05) is 98.9 Å². The number of aliphatic hydroxyl groups is 10. The van der Waals surface area contributed by atoms with Crippen molar-refractivity contribution in [3.8, 4) is 0 Å². The Morgan fingerprint density at radius 1 is 0.662 bits per heavy atom. The number of esters is 1. The molecule has 0 radical (unpaired) electrons. The number of cyclic esters (lactones) is 1. The molecule has 368 valence electrons. The van der Waals surface area contributed by atoms with E-state index in [0.29, 0.717) is 0 Å². The molecule has 0 aromatic heterocycles. The maximum Gasteiger partial charge on any atom is 0.311 e. The third-order valence-electron chi connectivity index (χ3n) is 12.0. The van der Waals surface area contributed by atoms with Gasteiger partial charge in [-0.3, -0.25) is 9.59 Å². The van der Waals surface area contributed by atoms with Gasteiger partial charge in [-0.2, -0.15) is 0 Å². The van der Waals surface area contributed by atoms with Gasteiger partial charge in [0.25, 0.3) is 0 Å². The number of aliphatic hydroxyl groups excluding tert-OH is 9. The van der Waals surface area contributed by atoms with Gasteiger partial charge >= 0.3 is 11.9 Å². The van der Waals surface area contributed by atoms with Crippen molar-refractivity contribution < 1.29 is 84.7 Å². The third-order valence-corrected chi connectivity index (χ3v) is 12.0. The monoisotopic (exact) mass is 923 g/mol. The van der Waals surface area contributed by atoms with Crippen molar-refractivity contribution in [1.82, 2.24) is 0 Å². The summed E-state index contributed by atoms with van der Waals surface area (Å²) < 4.78 is 23.1. The van der Waals surface area contributed by atoms with Gasteiger partial charge in [0, 0.05) is 37.5 Å². The lowest BCUT2D eigenvalue weighted by Gasteiger charge is -2.45. The van der Waals surface area contributed by atoms with Gasteiger partial charge in [-0.05, 0) is 33.1 Å². The molecular formula is C47H73NO17. The molecule has 0 aromatic carbocycles. The summed E-state index contributed by atoms with van der Waals surface area (Å²) in [6.07, 6.45) is 3.46. The van der Waals surface area contributed by atoms with Crippen molar-refractivity contribution in [2.24, 2.45) is 23.5 Å². The first-order valence-corrected chi connectivity index (χ1v) is 22.3. The van der Waals surface area contributed by atoms with Crippen LogP contribution in [0.3, 0.4) is 0 Å². The number of aliphatic carboxylic acids is 1. The number of fused-ring (bicyclic) bond motifs is 2. The van der Waals surface area contributed by atoms with Gasteiger partial charge in [-0.25, -0.2) is 0 Å². The van der Waals surface area contributed by atoms with Gasteiger partial charge in [-0.15, -0.1) is 0 Å². The van der Waals surface area contributed by atoms with Crippen molar-refractivity contribution in [3.05, 3.63) is 85.1 Å². The molecule has 65 heavy (non-hydrogen) atoms. The van der Waals surface area contributed by atoms with Crippen LogP contribution in [0.1, 0.15) is 79.1 Å². The average Bonchev–Trinajstić information content (AvgIpc) is 3.21. The Morgan fingerprint density at radius 2 is 1.23 bits per heavy atom. The third kappa shape index (κ3) is 18.6. The Hall–Kier alpha value is -3.44. The van der Waals surface area contributed by atoms with Crippen molar-refractivity contribution in [3.63, 3.8) is 0 Å². The normalized spacial score (nSPS) is 45.0. The topological polar surface area (TPSA) is 320 Å². The van der Waals surface area contributed by atoms with Crippen LogP contribution in [0.5, 0.6) is 0 Å². The van der Waals surface area contributed by atoms with Crippen LogP contribution >= 0.6 is 0 Å². The molecule has 18 nitrogen and oxygen atoms in total. The summed E-state index contributed by atoms with van der Waals surface area (Å²) in [4.78, 5) is 25.1. The van der Waals surface area contributed by atoms with Crippen molar-refractivity contribution in [1.29, 1.82) is 0 Å². The Bertz CT molecular complexity index is 1670. The highest BCUT2D eigenvalue weighted by molar-refractivity contribution is 5.71. The standard InChI is InChI=1S/C47H73NO17/c1-27-17-15-13-11-9-7-5-6-8-10-12-14-16-18-34(64-46-44(58)41(48)43(57)30(4)63-46)24-38-40(45(59)60)37(54)26-47(61,65-38)25-33(51)22-36(53)35(52)20-19-31(49)21-32(50)23-39(55)62-29(3)28(2)42(27)56/h5-18,27-38,40-44,46,49-54,56-58,61H,19-26,48H2,1-4H3,(H,59,60)/b6-5+,9-7+,10-8+,13-11-,14-12+,17-15+,18-16?/t27-,28-,29-,30+,31+,32+,33-,34-,35+,36+,37-,38-,40+,41-,42+,43+,44-,46-,47+/m0/s1. The van der Waals surface area contributed by atoms with E-state index in [0.717, 1.165) is 0 Å². The van der Waals surface area contributed by atoms with E-state index in [1.54, 1.807) is 80.7 Å². The number of hydrogen-bond donors (Lipinski definition) is 12. The number of ether oxygens (including phenoxy) is 4. The van der Waals surface area contributed by atoms with E-state index in [1.165, 1.54) is 13.0 Å². The summed E-state index contributed by atoms with van der Waals surface area (Å²) >= 11 is 0. The van der Waals surface area contributed by atoms with E-state index in [-0.39, 0.29) is 31.6 Å². The van der Waals surface area contributed by atoms with E-state index in [1.807, 2.05) is 19.1 Å². The summed E-state index contributed by atoms with van der Waals surface area (Å²) in [5, 5.41) is 118. The zero-order valence-electron chi connectivity index (χ0n) is 37.6. The van der Waals surface area contributed by atoms with Crippen LogP contribution in [0.15, 0.2) is 85.1 Å². The number of carboxylic acid groups (broad SMARTS) is 1. The minimum absolute atomic E-state index is 0.107. The van der Waals surface area contributed by atoms with Crippen molar-refractivity contribution in [2.45, 2.75) is 177 Å². The molecular weight excluding hydrogens is 851 g/mol. The highest BCUT2D eigenvalue weighted by Crippen LogP contribution is 2.38. The van der Waals surface area contributed by atoms with Crippen LogP contribution in [0.2, 0.25) is 0 Å². The van der Waals surface area contributed by atoms with E-state index in [9.17, 15) is 65.8 Å². The first-order valence-electron chi connectivity index (χ1n) is 22.3. The lowest BCUT2D eigenvalue weighted by molar-refractivity contribution is -0.308. The van der Waals surface area contributed by atoms with Gasteiger partial charge in [0.05, 0.1) is 79.6 Å². The second-order valence-electron chi connectivity index (χ2n) is 17.6. The molecule has 3 aliphatic rings. The zero-order valence-corrected chi connectivity index (χ0v) is 37.6. The van der Waals surface area contributed by atoms with Crippen LogP contribution in [-0.4, -0.2) is 166 Å². The quantitative estimate of drug-likeness (QED) is 0.174. The Kier molecular flexibility index (Phi) is 23.6. The fraction of sp³-hybridized carbons (Fsp3) is 0.660. The molecule has 3 heterocycles. The smallest absolute Gasteiger partial charge is 0.311 e. The van der Waals surface area contributed by atoms with Crippen molar-refractivity contribution in [2.75, 3.05) is 0 Å². The minimum atomic E-state index is -2.33. The zero-order chi connectivity index (χ0) is 48.4.